The lowest BCUT2D eigenvalue weighted by molar-refractivity contribution is 1.18. The van der Waals surface area contributed by atoms with E-state index < -0.39 is 0 Å². The molecule has 2 heteroatoms. The minimum Gasteiger partial charge on any atom is -0.309 e. The quantitative estimate of drug-likeness (QED) is 0.187. The van der Waals surface area contributed by atoms with Crippen molar-refractivity contribution in [3.63, 3.8) is 0 Å². The molecule has 0 aliphatic heterocycles. The van der Waals surface area contributed by atoms with Crippen molar-refractivity contribution in [2.45, 2.75) is 0 Å². The van der Waals surface area contributed by atoms with Gasteiger partial charge in [-0.1, -0.05) is 103 Å². The molecule has 1 heterocycles. The molecule has 2 nitrogen and oxygen atoms in total. The van der Waals surface area contributed by atoms with E-state index >= 15 is 0 Å². The van der Waals surface area contributed by atoms with Crippen molar-refractivity contribution in [1.82, 2.24) is 4.57 Å². The second-order valence-corrected chi connectivity index (χ2v) is 12.5. The first-order valence-corrected chi connectivity index (χ1v) is 16.0. The van der Waals surface area contributed by atoms with E-state index in [9.17, 15) is 5.26 Å². The molecule has 0 fully saturated rings. The van der Waals surface area contributed by atoms with Crippen LogP contribution in [0.15, 0.2) is 158 Å². The molecule has 0 atom stereocenters. The van der Waals surface area contributed by atoms with Crippen LogP contribution < -0.4 is 0 Å². The van der Waals surface area contributed by atoms with Crippen LogP contribution >= 0.6 is 0 Å². The van der Waals surface area contributed by atoms with E-state index in [1.54, 1.807) is 0 Å². The Morgan fingerprint density at radius 3 is 1.70 bits per heavy atom. The summed E-state index contributed by atoms with van der Waals surface area (Å²) < 4.78 is 2.29. The van der Waals surface area contributed by atoms with Gasteiger partial charge in [-0.2, -0.15) is 5.26 Å². The Morgan fingerprint density at radius 2 is 1.00 bits per heavy atom. The molecule has 10 rings (SSSR count). The summed E-state index contributed by atoms with van der Waals surface area (Å²) in [6.45, 7) is 0. The molecule has 0 saturated heterocycles. The van der Waals surface area contributed by atoms with Gasteiger partial charge < -0.3 is 4.57 Å². The molecular formula is C45H26N2. The molecule has 1 aromatic heterocycles. The van der Waals surface area contributed by atoms with E-state index in [1.807, 2.05) is 18.2 Å². The molecule has 0 aliphatic carbocycles. The highest BCUT2D eigenvalue weighted by Crippen LogP contribution is 2.42. The molecule has 0 amide bonds. The van der Waals surface area contributed by atoms with Gasteiger partial charge in [-0.3, -0.25) is 0 Å². The Balaban J connectivity index is 1.17. The summed E-state index contributed by atoms with van der Waals surface area (Å²) in [5.74, 6) is 0. The first kappa shape index (κ1) is 25.9. The SMILES string of the molecule is N#Cc1ccc2c3ccc(-c4cc5ccc6cc(-c7cccc8ccccc78)cc7ccc(c4)c5c67)cc3n(-c3ccccc3)c2c1. The highest BCUT2D eigenvalue weighted by molar-refractivity contribution is 6.25. The summed E-state index contributed by atoms with van der Waals surface area (Å²) in [6.07, 6.45) is 0. The maximum absolute atomic E-state index is 9.67. The van der Waals surface area contributed by atoms with E-state index in [0.29, 0.717) is 5.56 Å². The van der Waals surface area contributed by atoms with E-state index in [2.05, 4.69) is 150 Å². The van der Waals surface area contributed by atoms with Crippen molar-refractivity contribution in [3.8, 4) is 34.0 Å². The number of aromatic nitrogens is 1. The average molecular weight is 595 g/mol. The van der Waals surface area contributed by atoms with Crippen molar-refractivity contribution in [1.29, 1.82) is 5.26 Å². The third kappa shape index (κ3) is 3.84. The topological polar surface area (TPSA) is 28.7 Å². The van der Waals surface area contributed by atoms with Crippen molar-refractivity contribution < 1.29 is 0 Å². The van der Waals surface area contributed by atoms with E-state index in [4.69, 9.17) is 0 Å². The van der Waals surface area contributed by atoms with Crippen LogP contribution in [-0.4, -0.2) is 4.57 Å². The second-order valence-electron chi connectivity index (χ2n) is 12.5. The van der Waals surface area contributed by atoms with Gasteiger partial charge >= 0.3 is 0 Å². The summed E-state index contributed by atoms with van der Waals surface area (Å²) >= 11 is 0. The minimum atomic E-state index is 0.661. The molecule has 0 bridgehead atoms. The maximum atomic E-state index is 9.67. The van der Waals surface area contributed by atoms with Crippen molar-refractivity contribution in [2.24, 2.45) is 0 Å². The summed E-state index contributed by atoms with van der Waals surface area (Å²) in [6, 6.07) is 59.2. The molecular weight excluding hydrogens is 569 g/mol. The molecule has 0 saturated carbocycles. The van der Waals surface area contributed by atoms with Crippen LogP contribution in [0.5, 0.6) is 0 Å². The van der Waals surface area contributed by atoms with Crippen molar-refractivity contribution in [2.75, 3.05) is 0 Å². The maximum Gasteiger partial charge on any atom is 0.0992 e. The Labute approximate surface area is 271 Å². The largest absolute Gasteiger partial charge is 0.309 e. The first-order valence-electron chi connectivity index (χ1n) is 16.0. The van der Waals surface area contributed by atoms with E-state index in [0.717, 1.165) is 22.1 Å². The molecule has 216 valence electrons. The zero-order valence-corrected chi connectivity index (χ0v) is 25.4. The van der Waals surface area contributed by atoms with Crippen LogP contribution in [0.2, 0.25) is 0 Å². The van der Waals surface area contributed by atoms with Crippen LogP contribution in [-0.2, 0) is 0 Å². The van der Waals surface area contributed by atoms with Crippen LogP contribution in [0, 0.1) is 11.3 Å². The predicted molar refractivity (Wildman–Crippen MR) is 198 cm³/mol. The molecule has 9 aromatic carbocycles. The van der Waals surface area contributed by atoms with Gasteiger partial charge in [0.1, 0.15) is 0 Å². The Kier molecular flexibility index (Phi) is 5.38. The van der Waals surface area contributed by atoms with Crippen LogP contribution in [0.4, 0.5) is 0 Å². The number of fused-ring (bicyclic) bond motifs is 4. The van der Waals surface area contributed by atoms with Crippen LogP contribution in [0.1, 0.15) is 5.56 Å². The van der Waals surface area contributed by atoms with Crippen LogP contribution in [0.25, 0.3) is 92.8 Å². The monoisotopic (exact) mass is 594 g/mol. The third-order valence-electron chi connectivity index (χ3n) is 9.88. The predicted octanol–water partition coefficient (Wildman–Crippen LogP) is 12.0. The minimum absolute atomic E-state index is 0.661. The molecule has 0 aliphatic rings. The van der Waals surface area contributed by atoms with E-state index in [-0.39, 0.29) is 0 Å². The fourth-order valence-corrected chi connectivity index (χ4v) is 7.76. The van der Waals surface area contributed by atoms with Gasteiger partial charge in [0.05, 0.1) is 22.7 Å². The lowest BCUT2D eigenvalue weighted by atomic mass is 9.88. The fourth-order valence-electron chi connectivity index (χ4n) is 7.76. The van der Waals surface area contributed by atoms with Gasteiger partial charge in [-0.25, -0.2) is 0 Å². The van der Waals surface area contributed by atoms with Gasteiger partial charge in [-0.15, -0.1) is 0 Å². The summed E-state index contributed by atoms with van der Waals surface area (Å²) in [4.78, 5) is 0. The van der Waals surface area contributed by atoms with Gasteiger partial charge in [0.2, 0.25) is 0 Å². The Bertz CT molecular complexity index is 2830. The van der Waals surface area contributed by atoms with Gasteiger partial charge in [0, 0.05) is 16.5 Å². The van der Waals surface area contributed by atoms with Crippen molar-refractivity contribution >= 4 is 64.9 Å². The smallest absolute Gasteiger partial charge is 0.0992 e. The lowest BCUT2D eigenvalue weighted by Crippen LogP contribution is -1.94. The highest BCUT2D eigenvalue weighted by atomic mass is 15.0. The molecule has 0 radical (unpaired) electrons. The number of hydrogen-bond donors (Lipinski definition) is 0. The van der Waals surface area contributed by atoms with Gasteiger partial charge in [0.25, 0.3) is 0 Å². The highest BCUT2D eigenvalue weighted by Gasteiger charge is 2.16. The Hall–Kier alpha value is -6.43. The average Bonchev–Trinajstić information content (AvgIpc) is 3.46. The number of rotatable bonds is 3. The number of benzene rings is 9. The number of hydrogen-bond acceptors (Lipinski definition) is 1. The van der Waals surface area contributed by atoms with E-state index in [1.165, 1.54) is 70.7 Å². The summed E-state index contributed by atoms with van der Waals surface area (Å²) in [5.41, 5.74) is 8.79. The lowest BCUT2D eigenvalue weighted by Gasteiger charge is -2.15. The Morgan fingerprint density at radius 1 is 0.404 bits per heavy atom. The fraction of sp³-hybridized carbons (Fsp3) is 0. The molecule has 0 N–H and O–H groups in total. The van der Waals surface area contributed by atoms with Gasteiger partial charge in [0.15, 0.2) is 0 Å². The summed E-state index contributed by atoms with van der Waals surface area (Å²) in [5, 5.41) is 22.2. The third-order valence-corrected chi connectivity index (χ3v) is 9.88. The normalized spacial score (nSPS) is 11.8. The number of nitriles is 1. The zero-order chi connectivity index (χ0) is 31.1. The van der Waals surface area contributed by atoms with Crippen LogP contribution in [0.3, 0.4) is 0 Å². The van der Waals surface area contributed by atoms with Crippen molar-refractivity contribution in [3.05, 3.63) is 163 Å². The molecule has 0 unspecified atom stereocenters. The first-order chi connectivity index (χ1) is 23.2. The molecule has 47 heavy (non-hydrogen) atoms. The number of para-hydroxylation sites is 1. The molecule has 0 spiro atoms. The zero-order valence-electron chi connectivity index (χ0n) is 25.4. The molecule has 10 aromatic rings. The summed E-state index contributed by atoms with van der Waals surface area (Å²) in [7, 11) is 0. The van der Waals surface area contributed by atoms with Gasteiger partial charge in [-0.05, 0) is 120 Å². The number of nitrogens with zero attached hydrogens (tertiary/aromatic N) is 2. The standard InChI is InChI=1S/C45H26N2/c46-27-28-13-19-40-41-20-18-30(26-43(41)47(42(40)21-28)37-9-2-1-3-10-37)35-22-31-14-16-33-24-36(25-34-17-15-32(23-35)44(31)45(33)34)39-12-6-8-29-7-4-5-11-38(29)39/h1-26H. The second kappa shape index (κ2) is 9.78.